The van der Waals surface area contributed by atoms with Crippen LogP contribution in [0.2, 0.25) is 0 Å². The fraction of sp³-hybridized carbons (Fsp3) is 0.439. The molecule has 0 saturated carbocycles. The third kappa shape index (κ3) is 11.1. The topological polar surface area (TPSA) is 236 Å². The average Bonchev–Trinajstić information content (AvgIpc) is 3.87. The van der Waals surface area contributed by atoms with E-state index in [2.05, 4.69) is 41.5 Å². The van der Waals surface area contributed by atoms with Crippen LogP contribution in [0, 0.1) is 5.92 Å². The van der Waals surface area contributed by atoms with Crippen LogP contribution in [0.4, 0.5) is 0 Å². The first kappa shape index (κ1) is 42.1. The number of amides is 6. The van der Waals surface area contributed by atoms with Gasteiger partial charge in [-0.3, -0.25) is 28.8 Å². The number of fused-ring (bicyclic) bond motifs is 1. The number of imidazole rings is 1. The van der Waals surface area contributed by atoms with E-state index in [1.807, 2.05) is 54.6 Å². The van der Waals surface area contributed by atoms with Gasteiger partial charge in [-0.2, -0.15) is 0 Å². The van der Waals surface area contributed by atoms with Crippen LogP contribution >= 0.6 is 0 Å². The number of unbranched alkanes of at least 4 members (excludes halogenated alkanes) is 1. The van der Waals surface area contributed by atoms with E-state index in [4.69, 9.17) is 5.73 Å². The lowest BCUT2D eigenvalue weighted by Crippen LogP contribution is -2.62. The Morgan fingerprint density at radius 1 is 0.719 bits per heavy atom. The summed E-state index contributed by atoms with van der Waals surface area (Å²) < 4.78 is 0. The van der Waals surface area contributed by atoms with E-state index in [1.54, 1.807) is 20.0 Å². The third-order valence-electron chi connectivity index (χ3n) is 10.3. The highest BCUT2D eigenvalue weighted by Crippen LogP contribution is 2.20. The number of carbonyl (C=O) groups excluding carboxylic acids is 6. The number of aromatic nitrogens is 3. The van der Waals surface area contributed by atoms with E-state index in [9.17, 15) is 28.8 Å². The summed E-state index contributed by atoms with van der Waals surface area (Å²) in [4.78, 5) is 96.4. The van der Waals surface area contributed by atoms with Gasteiger partial charge in [0.1, 0.15) is 36.3 Å². The minimum atomic E-state index is -1.23. The Hall–Kier alpha value is -6.03. The number of para-hydroxylation sites is 1. The lowest BCUT2D eigenvalue weighted by Gasteiger charge is -2.33. The first-order chi connectivity index (χ1) is 27.4. The van der Waals surface area contributed by atoms with Gasteiger partial charge < -0.3 is 47.2 Å². The van der Waals surface area contributed by atoms with Gasteiger partial charge in [-0.05, 0) is 55.8 Å². The molecule has 0 bridgehead atoms. The molecule has 16 heteroatoms. The predicted molar refractivity (Wildman–Crippen MR) is 214 cm³/mol. The number of benzene rings is 2. The van der Waals surface area contributed by atoms with Crippen molar-refractivity contribution in [2.75, 3.05) is 13.6 Å². The van der Waals surface area contributed by atoms with Gasteiger partial charge in [0.05, 0.1) is 6.33 Å². The predicted octanol–water partition coefficient (Wildman–Crippen LogP) is 0.988. The first-order valence-electron chi connectivity index (χ1n) is 19.4. The highest BCUT2D eigenvalue weighted by molar-refractivity contribution is 5.98. The van der Waals surface area contributed by atoms with Crippen molar-refractivity contribution in [3.8, 4) is 0 Å². The number of H-pyrrole nitrogens is 2. The van der Waals surface area contributed by atoms with Crippen LogP contribution in [-0.2, 0) is 48.0 Å². The number of nitrogens with one attached hydrogen (secondary N) is 7. The second kappa shape index (κ2) is 19.7. The number of aromatic amines is 2. The van der Waals surface area contributed by atoms with Gasteiger partial charge in [0.15, 0.2) is 0 Å². The summed E-state index contributed by atoms with van der Waals surface area (Å²) in [6, 6.07) is 9.83. The number of likely N-dealkylation sites (N-methyl/N-ethyl adjacent to an activating group) is 1. The molecule has 1 saturated heterocycles. The molecule has 1 aliphatic rings. The van der Waals surface area contributed by atoms with E-state index >= 15 is 0 Å². The summed E-state index contributed by atoms with van der Waals surface area (Å²) in [5.41, 5.74) is 8.62. The number of nitrogens with zero attached hydrogens (tertiary/aromatic N) is 2. The van der Waals surface area contributed by atoms with E-state index in [0.29, 0.717) is 25.1 Å². The molecule has 3 heterocycles. The summed E-state index contributed by atoms with van der Waals surface area (Å²) >= 11 is 0. The Labute approximate surface area is 331 Å². The second-order valence-corrected chi connectivity index (χ2v) is 14.9. The molecule has 6 amide bonds. The van der Waals surface area contributed by atoms with Gasteiger partial charge in [-0.15, -0.1) is 0 Å². The largest absolute Gasteiger partial charge is 0.361 e. The molecule has 57 heavy (non-hydrogen) atoms. The molecule has 16 nitrogen and oxygen atoms in total. The molecule has 0 radical (unpaired) electrons. The van der Waals surface area contributed by atoms with Gasteiger partial charge in [0.25, 0.3) is 0 Å². The van der Waals surface area contributed by atoms with Crippen molar-refractivity contribution in [2.45, 2.75) is 95.5 Å². The van der Waals surface area contributed by atoms with E-state index < -0.39 is 77.6 Å². The van der Waals surface area contributed by atoms with Gasteiger partial charge in [-0.1, -0.05) is 62.4 Å². The highest BCUT2D eigenvalue weighted by atomic mass is 16.2. The molecule has 304 valence electrons. The van der Waals surface area contributed by atoms with Gasteiger partial charge in [0, 0.05) is 55.3 Å². The van der Waals surface area contributed by atoms with Crippen molar-refractivity contribution in [1.29, 1.82) is 0 Å². The lowest BCUT2D eigenvalue weighted by molar-refractivity contribution is -0.143. The molecule has 1 aliphatic heterocycles. The zero-order chi connectivity index (χ0) is 41.1. The first-order valence-corrected chi connectivity index (χ1v) is 19.4. The molecule has 2 aromatic carbocycles. The fourth-order valence-electron chi connectivity index (χ4n) is 6.98. The molecule has 0 aliphatic carbocycles. The molecular formula is C41H54N10O6. The standard InChI is InChI=1S/C41H54N10O6/c1-24(2)35-40(56)46-25(3)41(57)51(4)34(18-26-12-6-5-7-13-26)39(55)49-33(20-28-22-43-23-45-28)38(54)48-32(19-27-21-44-30-15-9-8-14-29(27)30)37(53)47-31(36(52)50-35)16-10-11-17-42/h5-9,12-15,21-25,31-35,44H,10-11,16-20,42H2,1-4H3,(H,43,45)(H,46,56)(H,47,53)(H,48,54)(H,49,55)(H,50,52)/t25-,31-,32-,33-,34-,35-/m0/s1. The maximum absolute atomic E-state index is 14.4. The quantitative estimate of drug-likeness (QED) is 0.102. The van der Waals surface area contributed by atoms with Crippen LogP contribution in [-0.4, -0.2) is 105 Å². The highest BCUT2D eigenvalue weighted by Gasteiger charge is 2.37. The van der Waals surface area contributed by atoms with Crippen LogP contribution in [0.1, 0.15) is 56.9 Å². The van der Waals surface area contributed by atoms with Crippen molar-refractivity contribution in [2.24, 2.45) is 11.7 Å². The van der Waals surface area contributed by atoms with E-state index in [-0.39, 0.29) is 25.7 Å². The van der Waals surface area contributed by atoms with Gasteiger partial charge >= 0.3 is 0 Å². The molecule has 6 atom stereocenters. The lowest BCUT2D eigenvalue weighted by atomic mass is 9.99. The normalized spacial score (nSPS) is 23.3. The van der Waals surface area contributed by atoms with Crippen molar-refractivity contribution in [3.05, 3.63) is 90.1 Å². The van der Waals surface area contributed by atoms with Gasteiger partial charge in [-0.25, -0.2) is 4.98 Å². The number of nitrogens with two attached hydrogens (primary N) is 1. The van der Waals surface area contributed by atoms with Crippen molar-refractivity contribution >= 4 is 46.3 Å². The van der Waals surface area contributed by atoms with E-state index in [0.717, 1.165) is 22.0 Å². The summed E-state index contributed by atoms with van der Waals surface area (Å²) in [5.74, 6) is -4.10. The Morgan fingerprint density at radius 2 is 1.37 bits per heavy atom. The molecule has 0 spiro atoms. The smallest absolute Gasteiger partial charge is 0.245 e. The number of rotatable bonds is 11. The molecule has 5 rings (SSSR count). The van der Waals surface area contributed by atoms with Crippen LogP contribution in [0.25, 0.3) is 10.9 Å². The summed E-state index contributed by atoms with van der Waals surface area (Å²) in [7, 11) is 1.47. The number of hydrogen-bond acceptors (Lipinski definition) is 8. The summed E-state index contributed by atoms with van der Waals surface area (Å²) in [6.07, 6.45) is 6.11. The van der Waals surface area contributed by atoms with E-state index in [1.165, 1.54) is 31.4 Å². The molecular weight excluding hydrogens is 729 g/mol. The number of carbonyl (C=O) groups is 6. The Morgan fingerprint density at radius 3 is 2.05 bits per heavy atom. The zero-order valence-electron chi connectivity index (χ0n) is 32.8. The molecule has 4 aromatic rings. The third-order valence-corrected chi connectivity index (χ3v) is 10.3. The van der Waals surface area contributed by atoms with Gasteiger partial charge in [0.2, 0.25) is 35.4 Å². The number of hydrogen-bond donors (Lipinski definition) is 8. The Kier molecular flexibility index (Phi) is 14.6. The van der Waals surface area contributed by atoms with Crippen LogP contribution in [0.5, 0.6) is 0 Å². The molecule has 9 N–H and O–H groups in total. The van der Waals surface area contributed by atoms with Crippen molar-refractivity contribution in [1.82, 2.24) is 46.4 Å². The molecule has 2 aromatic heterocycles. The Bertz CT molecular complexity index is 2000. The van der Waals surface area contributed by atoms with Crippen LogP contribution in [0.15, 0.2) is 73.3 Å². The summed E-state index contributed by atoms with van der Waals surface area (Å²) in [6.45, 7) is 5.38. The minimum Gasteiger partial charge on any atom is -0.361 e. The van der Waals surface area contributed by atoms with Crippen molar-refractivity contribution < 1.29 is 28.8 Å². The Balaban J connectivity index is 1.57. The fourth-order valence-corrected chi connectivity index (χ4v) is 6.98. The van der Waals surface area contributed by atoms with Crippen LogP contribution in [0.3, 0.4) is 0 Å². The minimum absolute atomic E-state index is 0.0259. The zero-order valence-corrected chi connectivity index (χ0v) is 32.8. The molecule has 1 fully saturated rings. The second-order valence-electron chi connectivity index (χ2n) is 14.9. The molecule has 0 unspecified atom stereocenters. The maximum atomic E-state index is 14.4. The van der Waals surface area contributed by atoms with Crippen molar-refractivity contribution in [3.63, 3.8) is 0 Å². The van der Waals surface area contributed by atoms with Crippen LogP contribution < -0.4 is 32.3 Å². The maximum Gasteiger partial charge on any atom is 0.245 e. The average molecular weight is 783 g/mol. The SMILES string of the molecule is CC(C)[C@@H]1NC(=O)[C@H](CCCCN)NC(=O)[C@H](Cc2c[nH]c3ccccc23)NC(=O)[C@H](Cc2cnc[nH]2)NC(=O)[C@H](Cc2ccccc2)N(C)C(=O)[C@H](C)NC1=O. The summed E-state index contributed by atoms with van der Waals surface area (Å²) in [5, 5.41) is 14.9. The monoisotopic (exact) mass is 782 g/mol.